The first kappa shape index (κ1) is 18.4. The largest absolute Gasteiger partial charge is 0.496 e. The quantitative estimate of drug-likeness (QED) is 0.470. The molecule has 27 heavy (non-hydrogen) atoms. The molecule has 2 aromatic carbocycles. The molecule has 3 rings (SSSR count). The zero-order valence-electron chi connectivity index (χ0n) is 14.4. The first-order chi connectivity index (χ1) is 12.9. The monoisotopic (exact) mass is 389 g/mol. The highest BCUT2D eigenvalue weighted by Crippen LogP contribution is 2.39. The van der Waals surface area contributed by atoms with Crippen molar-refractivity contribution in [2.75, 3.05) is 14.2 Å². The summed E-state index contributed by atoms with van der Waals surface area (Å²) >= 11 is 0. The summed E-state index contributed by atoms with van der Waals surface area (Å²) in [6.07, 6.45) is 2.57. The van der Waals surface area contributed by atoms with Gasteiger partial charge in [0.25, 0.3) is 10.0 Å². The second-order valence-electron chi connectivity index (χ2n) is 5.35. The molecule has 0 saturated carbocycles. The molecule has 0 fully saturated rings. The lowest BCUT2D eigenvalue weighted by molar-refractivity contribution is -0.385. The maximum atomic E-state index is 13.0. The number of hydrogen-bond donors (Lipinski definition) is 0. The highest BCUT2D eigenvalue weighted by molar-refractivity contribution is 7.90. The zero-order valence-corrected chi connectivity index (χ0v) is 15.2. The summed E-state index contributed by atoms with van der Waals surface area (Å²) in [7, 11) is -1.29. The number of rotatable bonds is 6. The Bertz CT molecular complexity index is 1090. The van der Waals surface area contributed by atoms with Crippen LogP contribution >= 0.6 is 0 Å². The molecule has 0 unspecified atom stereocenters. The number of nitro groups is 1. The number of imidazole rings is 1. The molecule has 0 aliphatic carbocycles. The van der Waals surface area contributed by atoms with Gasteiger partial charge in [-0.3, -0.25) is 10.1 Å². The molecule has 0 N–H and O–H groups in total. The van der Waals surface area contributed by atoms with Crippen LogP contribution in [-0.4, -0.2) is 36.5 Å². The average molecular weight is 389 g/mol. The SMILES string of the molecule is COc1cc(OC)c([N+](=O)[O-])cc1-c1nccn1S(=O)(=O)c1ccccc1. The third kappa shape index (κ3) is 3.22. The third-order valence-corrected chi connectivity index (χ3v) is 5.53. The number of benzene rings is 2. The molecular weight excluding hydrogens is 374 g/mol. The Balaban J connectivity index is 2.25. The lowest BCUT2D eigenvalue weighted by Gasteiger charge is -2.13. The van der Waals surface area contributed by atoms with Gasteiger partial charge in [-0.1, -0.05) is 18.2 Å². The van der Waals surface area contributed by atoms with E-state index in [4.69, 9.17) is 9.47 Å². The molecule has 0 bridgehead atoms. The van der Waals surface area contributed by atoms with Crippen LogP contribution in [0, 0.1) is 10.1 Å². The van der Waals surface area contributed by atoms with Crippen LogP contribution in [0.15, 0.2) is 59.8 Å². The molecule has 0 aliphatic rings. The number of hydrogen-bond acceptors (Lipinski definition) is 7. The second-order valence-corrected chi connectivity index (χ2v) is 7.16. The van der Waals surface area contributed by atoms with E-state index in [-0.39, 0.29) is 33.5 Å². The molecule has 0 spiro atoms. The van der Waals surface area contributed by atoms with Crippen molar-refractivity contribution in [3.05, 3.63) is 65.0 Å². The standard InChI is InChI=1S/C17H15N3O6S/c1-25-15-11-16(26-2)14(20(21)22)10-13(15)17-18-8-9-19(17)27(23,24)12-6-4-3-5-7-12/h3-11H,1-2H3. The van der Waals surface area contributed by atoms with Crippen molar-refractivity contribution in [3.8, 4) is 22.9 Å². The Morgan fingerprint density at radius 2 is 1.74 bits per heavy atom. The van der Waals surface area contributed by atoms with E-state index < -0.39 is 14.9 Å². The summed E-state index contributed by atoms with van der Waals surface area (Å²) in [5.41, 5.74) is -0.186. The Labute approximate surface area is 155 Å². The summed E-state index contributed by atoms with van der Waals surface area (Å²) in [4.78, 5) is 14.9. The molecule has 0 saturated heterocycles. The maximum Gasteiger partial charge on any atom is 0.311 e. The molecule has 3 aromatic rings. The molecule has 10 heteroatoms. The molecule has 1 aromatic heterocycles. The van der Waals surface area contributed by atoms with Crippen LogP contribution in [0.1, 0.15) is 0 Å². The first-order valence-corrected chi connectivity index (χ1v) is 9.09. The fourth-order valence-corrected chi connectivity index (χ4v) is 3.90. The minimum atomic E-state index is -3.95. The van der Waals surface area contributed by atoms with Gasteiger partial charge >= 0.3 is 5.69 Å². The second kappa shape index (κ2) is 7.08. The van der Waals surface area contributed by atoms with Crippen molar-refractivity contribution in [1.82, 2.24) is 8.96 Å². The van der Waals surface area contributed by atoms with Gasteiger partial charge in [0.15, 0.2) is 5.82 Å². The number of nitro benzene ring substituents is 1. The summed E-state index contributed by atoms with van der Waals surface area (Å²) < 4.78 is 37.2. The van der Waals surface area contributed by atoms with Crippen molar-refractivity contribution >= 4 is 15.7 Å². The molecular formula is C17H15N3O6S. The Morgan fingerprint density at radius 1 is 1.07 bits per heavy atom. The van der Waals surface area contributed by atoms with E-state index in [2.05, 4.69) is 4.98 Å². The average Bonchev–Trinajstić information content (AvgIpc) is 3.18. The predicted octanol–water partition coefficient (Wildman–Crippen LogP) is 2.71. The molecule has 9 nitrogen and oxygen atoms in total. The maximum absolute atomic E-state index is 13.0. The van der Waals surface area contributed by atoms with Crippen LogP contribution in [0.4, 0.5) is 5.69 Å². The highest BCUT2D eigenvalue weighted by atomic mass is 32.2. The van der Waals surface area contributed by atoms with Crippen LogP contribution in [0.5, 0.6) is 11.5 Å². The Morgan fingerprint density at radius 3 is 2.33 bits per heavy atom. The lowest BCUT2D eigenvalue weighted by atomic mass is 10.1. The molecule has 140 valence electrons. The molecule has 0 atom stereocenters. The van der Waals surface area contributed by atoms with Gasteiger partial charge in [0.1, 0.15) is 5.75 Å². The van der Waals surface area contributed by atoms with Crippen molar-refractivity contribution in [2.45, 2.75) is 4.90 Å². The number of aromatic nitrogens is 2. The van der Waals surface area contributed by atoms with Crippen molar-refractivity contribution in [2.24, 2.45) is 0 Å². The van der Waals surface area contributed by atoms with E-state index in [0.29, 0.717) is 0 Å². The Hall–Kier alpha value is -3.40. The van der Waals surface area contributed by atoms with Gasteiger partial charge in [-0.15, -0.1) is 0 Å². The third-order valence-electron chi connectivity index (χ3n) is 3.85. The fraction of sp³-hybridized carbons (Fsp3) is 0.118. The van der Waals surface area contributed by atoms with Gasteiger partial charge in [-0.2, -0.15) is 0 Å². The molecule has 0 amide bonds. The van der Waals surface area contributed by atoms with Crippen molar-refractivity contribution in [3.63, 3.8) is 0 Å². The summed E-state index contributed by atoms with van der Waals surface area (Å²) in [5.74, 6) is 0.166. The predicted molar refractivity (Wildman–Crippen MR) is 96.4 cm³/mol. The van der Waals surface area contributed by atoms with Crippen molar-refractivity contribution in [1.29, 1.82) is 0 Å². The van der Waals surface area contributed by atoms with E-state index in [1.54, 1.807) is 18.2 Å². The van der Waals surface area contributed by atoms with Crippen LogP contribution in [-0.2, 0) is 10.0 Å². The molecule has 1 heterocycles. The van der Waals surface area contributed by atoms with Gasteiger partial charge in [0.05, 0.1) is 29.6 Å². The van der Waals surface area contributed by atoms with E-state index in [1.807, 2.05) is 0 Å². The molecule has 0 aliphatic heterocycles. The van der Waals surface area contributed by atoms with Crippen LogP contribution in [0.3, 0.4) is 0 Å². The zero-order chi connectivity index (χ0) is 19.6. The first-order valence-electron chi connectivity index (χ1n) is 7.65. The summed E-state index contributed by atoms with van der Waals surface area (Å²) in [6, 6.07) is 10.3. The minimum Gasteiger partial charge on any atom is -0.496 e. The molecule has 0 radical (unpaired) electrons. The normalized spacial score (nSPS) is 11.2. The van der Waals surface area contributed by atoms with E-state index in [0.717, 1.165) is 3.97 Å². The van der Waals surface area contributed by atoms with E-state index >= 15 is 0 Å². The highest BCUT2D eigenvalue weighted by Gasteiger charge is 2.26. The number of nitrogens with zero attached hydrogens (tertiary/aromatic N) is 3. The number of methoxy groups -OCH3 is 2. The van der Waals surface area contributed by atoms with Gasteiger partial charge < -0.3 is 9.47 Å². The van der Waals surface area contributed by atoms with Crippen LogP contribution in [0.2, 0.25) is 0 Å². The number of ether oxygens (including phenoxy) is 2. The summed E-state index contributed by atoms with van der Waals surface area (Å²) in [6.45, 7) is 0. The Kier molecular flexibility index (Phi) is 4.82. The van der Waals surface area contributed by atoms with Crippen LogP contribution < -0.4 is 9.47 Å². The van der Waals surface area contributed by atoms with E-state index in [9.17, 15) is 18.5 Å². The minimum absolute atomic E-state index is 0.00961. The smallest absolute Gasteiger partial charge is 0.311 e. The summed E-state index contributed by atoms with van der Waals surface area (Å²) in [5, 5.41) is 11.3. The fourth-order valence-electron chi connectivity index (χ4n) is 2.58. The topological polar surface area (TPSA) is 114 Å². The van der Waals surface area contributed by atoms with Crippen molar-refractivity contribution < 1.29 is 22.8 Å². The van der Waals surface area contributed by atoms with E-state index in [1.165, 1.54) is 50.9 Å². The van der Waals surface area contributed by atoms with Gasteiger partial charge in [-0.05, 0) is 12.1 Å². The van der Waals surface area contributed by atoms with Gasteiger partial charge in [-0.25, -0.2) is 17.4 Å². The van der Waals surface area contributed by atoms with Gasteiger partial charge in [0.2, 0.25) is 5.75 Å². The van der Waals surface area contributed by atoms with Crippen LogP contribution in [0.25, 0.3) is 11.4 Å². The lowest BCUT2D eigenvalue weighted by Crippen LogP contribution is -2.13. The van der Waals surface area contributed by atoms with Gasteiger partial charge in [0, 0.05) is 24.5 Å².